The van der Waals surface area contributed by atoms with Crippen LogP contribution < -0.4 is 9.47 Å². The Balaban J connectivity index is 1.59. The topological polar surface area (TPSA) is 21.5 Å². The van der Waals surface area contributed by atoms with Crippen LogP contribution in [0.15, 0.2) is 36.4 Å². The molecule has 0 radical (unpaired) electrons. The molecule has 0 aromatic heterocycles. The van der Waals surface area contributed by atoms with Gasteiger partial charge in [0.05, 0.1) is 14.2 Å². The van der Waals surface area contributed by atoms with Crippen molar-refractivity contribution in [2.24, 2.45) is 0 Å². The van der Waals surface area contributed by atoms with E-state index in [-0.39, 0.29) is 5.41 Å². The first-order valence-electron chi connectivity index (χ1n) is 16.3. The van der Waals surface area contributed by atoms with Crippen LogP contribution in [0, 0.1) is 0 Å². The van der Waals surface area contributed by atoms with Crippen molar-refractivity contribution >= 4 is 5.71 Å². The molecule has 40 heavy (non-hydrogen) atoms. The number of ether oxygens (including phenoxy) is 2. The van der Waals surface area contributed by atoms with E-state index >= 15 is 0 Å². The molecule has 0 unspecified atom stereocenters. The van der Waals surface area contributed by atoms with E-state index in [4.69, 9.17) is 9.47 Å². The van der Waals surface area contributed by atoms with Crippen LogP contribution in [-0.2, 0) is 18.4 Å². The van der Waals surface area contributed by atoms with E-state index in [1.54, 1.807) is 14.2 Å². The first-order valence-corrected chi connectivity index (χ1v) is 16.3. The van der Waals surface area contributed by atoms with Gasteiger partial charge in [-0.15, -0.1) is 0 Å². The molecule has 0 aliphatic carbocycles. The van der Waals surface area contributed by atoms with E-state index < -0.39 is 0 Å². The Kier molecular flexibility index (Phi) is 13.6. The van der Waals surface area contributed by atoms with Gasteiger partial charge in [0.1, 0.15) is 6.54 Å². The van der Waals surface area contributed by atoms with E-state index in [1.165, 1.54) is 111 Å². The summed E-state index contributed by atoms with van der Waals surface area (Å²) in [5.41, 5.74) is 7.19. The van der Waals surface area contributed by atoms with Crippen molar-refractivity contribution in [1.29, 1.82) is 0 Å². The zero-order valence-corrected chi connectivity index (χ0v) is 26.7. The summed E-state index contributed by atoms with van der Waals surface area (Å²) in [5, 5.41) is 0. The fourth-order valence-corrected chi connectivity index (χ4v) is 6.07. The number of hydrogen-bond acceptors (Lipinski definition) is 2. The van der Waals surface area contributed by atoms with Crippen LogP contribution in [0.1, 0.15) is 140 Å². The fourth-order valence-electron chi connectivity index (χ4n) is 6.07. The summed E-state index contributed by atoms with van der Waals surface area (Å²) < 4.78 is 14.0. The molecule has 0 N–H and O–H groups in total. The second-order valence-corrected chi connectivity index (χ2v) is 12.9. The summed E-state index contributed by atoms with van der Waals surface area (Å²) in [4.78, 5) is 0. The van der Waals surface area contributed by atoms with Crippen molar-refractivity contribution in [2.45, 2.75) is 136 Å². The maximum absolute atomic E-state index is 5.71. The van der Waals surface area contributed by atoms with Crippen molar-refractivity contribution in [3.05, 3.63) is 58.7 Å². The summed E-state index contributed by atoms with van der Waals surface area (Å²) in [7, 11) is 3.48. The normalized spacial score (nSPS) is 13.4. The Morgan fingerprint density at radius 3 is 1.75 bits per heavy atom. The van der Waals surface area contributed by atoms with Gasteiger partial charge in [-0.05, 0) is 35.1 Å². The quantitative estimate of drug-likeness (QED) is 0.136. The standard InChI is InChI=1S/C37H58NO2/c1-7-8-9-10-11-12-13-14-15-16-17-18-19-20-34-33-28-36(40-6)35(39-5)27-31(33)25-26-38(34)29-30-21-23-32(24-22-30)37(2,3)4/h21-24,27-28H,7-20,25-26,29H2,1-6H3/q+1. The maximum atomic E-state index is 5.71. The lowest BCUT2D eigenvalue weighted by atomic mass is 9.86. The van der Waals surface area contributed by atoms with Gasteiger partial charge in [0.2, 0.25) is 0 Å². The van der Waals surface area contributed by atoms with Crippen molar-refractivity contribution in [3.8, 4) is 11.5 Å². The molecule has 3 nitrogen and oxygen atoms in total. The van der Waals surface area contributed by atoms with Crippen LogP contribution in [-0.4, -0.2) is 31.1 Å². The Labute approximate surface area is 246 Å². The highest BCUT2D eigenvalue weighted by molar-refractivity contribution is 5.99. The average Bonchev–Trinajstić information content (AvgIpc) is 2.95. The molecule has 0 saturated carbocycles. The third-order valence-corrected chi connectivity index (χ3v) is 8.66. The maximum Gasteiger partial charge on any atom is 0.184 e. The number of benzene rings is 2. The molecule has 1 heterocycles. The summed E-state index contributed by atoms with van der Waals surface area (Å²) in [6, 6.07) is 13.7. The van der Waals surface area contributed by atoms with Crippen molar-refractivity contribution in [2.75, 3.05) is 20.8 Å². The average molecular weight is 549 g/mol. The lowest BCUT2D eigenvalue weighted by molar-refractivity contribution is -0.545. The summed E-state index contributed by atoms with van der Waals surface area (Å²) in [6.07, 6.45) is 20.2. The van der Waals surface area contributed by atoms with Crippen LogP contribution in [0.2, 0.25) is 0 Å². The Morgan fingerprint density at radius 1 is 0.700 bits per heavy atom. The summed E-state index contributed by atoms with van der Waals surface area (Å²) >= 11 is 0. The molecular weight excluding hydrogens is 490 g/mol. The molecule has 1 aliphatic heterocycles. The van der Waals surface area contributed by atoms with Crippen molar-refractivity contribution in [1.82, 2.24) is 0 Å². The van der Waals surface area contributed by atoms with E-state index in [0.29, 0.717) is 0 Å². The molecule has 0 bridgehead atoms. The summed E-state index contributed by atoms with van der Waals surface area (Å²) in [5.74, 6) is 1.67. The smallest absolute Gasteiger partial charge is 0.184 e. The van der Waals surface area contributed by atoms with Crippen molar-refractivity contribution in [3.63, 3.8) is 0 Å². The molecule has 0 amide bonds. The van der Waals surface area contributed by atoms with Gasteiger partial charge in [-0.1, -0.05) is 129 Å². The van der Waals surface area contributed by atoms with Crippen LogP contribution >= 0.6 is 0 Å². The zero-order valence-electron chi connectivity index (χ0n) is 26.7. The van der Waals surface area contributed by atoms with Gasteiger partial charge < -0.3 is 9.47 Å². The first kappa shape index (κ1) is 32.2. The zero-order chi connectivity index (χ0) is 28.8. The fraction of sp³-hybridized carbons (Fsp3) is 0.649. The monoisotopic (exact) mass is 548 g/mol. The molecule has 1 aliphatic rings. The Bertz CT molecular complexity index is 1050. The molecule has 222 valence electrons. The second-order valence-electron chi connectivity index (χ2n) is 12.9. The van der Waals surface area contributed by atoms with Crippen LogP contribution in [0.5, 0.6) is 11.5 Å². The van der Waals surface area contributed by atoms with E-state index in [1.807, 2.05) is 0 Å². The van der Waals surface area contributed by atoms with Gasteiger partial charge in [0.25, 0.3) is 0 Å². The van der Waals surface area contributed by atoms with Crippen LogP contribution in [0.4, 0.5) is 0 Å². The minimum absolute atomic E-state index is 0.184. The van der Waals surface area contributed by atoms with Crippen molar-refractivity contribution < 1.29 is 14.0 Å². The van der Waals surface area contributed by atoms with Crippen LogP contribution in [0.3, 0.4) is 0 Å². The van der Waals surface area contributed by atoms with Gasteiger partial charge in [0, 0.05) is 24.0 Å². The number of fused-ring (bicyclic) bond motifs is 1. The number of unbranched alkanes of at least 4 members (excludes halogenated alkanes) is 12. The van der Waals surface area contributed by atoms with Gasteiger partial charge in [-0.3, -0.25) is 0 Å². The Morgan fingerprint density at radius 2 is 1.23 bits per heavy atom. The largest absolute Gasteiger partial charge is 0.493 e. The Hall–Kier alpha value is -2.29. The predicted octanol–water partition coefficient (Wildman–Crippen LogP) is 10.0. The predicted molar refractivity (Wildman–Crippen MR) is 172 cm³/mol. The van der Waals surface area contributed by atoms with E-state index in [0.717, 1.165) is 37.4 Å². The molecule has 0 fully saturated rings. The van der Waals surface area contributed by atoms with Crippen LogP contribution in [0.25, 0.3) is 0 Å². The van der Waals surface area contributed by atoms with Gasteiger partial charge >= 0.3 is 0 Å². The van der Waals surface area contributed by atoms with E-state index in [2.05, 4.69) is 68.7 Å². The molecule has 2 aromatic rings. The van der Waals surface area contributed by atoms with Gasteiger partial charge in [0.15, 0.2) is 23.8 Å². The SMILES string of the molecule is CCCCCCCCCCCCCCCC1=[N+](Cc2ccc(C(C)(C)C)cc2)CCc2cc(OC)c(OC)cc21. The lowest BCUT2D eigenvalue weighted by Gasteiger charge is -2.22. The first-order chi connectivity index (χ1) is 19.4. The van der Waals surface area contributed by atoms with Gasteiger partial charge in [-0.2, -0.15) is 0 Å². The number of rotatable bonds is 18. The third kappa shape index (κ3) is 9.96. The highest BCUT2D eigenvalue weighted by Gasteiger charge is 2.28. The molecule has 3 heteroatoms. The second kappa shape index (κ2) is 16.8. The van der Waals surface area contributed by atoms with Gasteiger partial charge in [-0.25, -0.2) is 4.58 Å². The summed E-state index contributed by atoms with van der Waals surface area (Å²) in [6.45, 7) is 11.2. The molecule has 0 saturated heterocycles. The third-order valence-electron chi connectivity index (χ3n) is 8.66. The number of methoxy groups -OCH3 is 2. The minimum atomic E-state index is 0.184. The number of nitrogens with zero attached hydrogens (tertiary/aromatic N) is 1. The number of hydrogen-bond donors (Lipinski definition) is 0. The minimum Gasteiger partial charge on any atom is -0.493 e. The van der Waals surface area contributed by atoms with E-state index in [9.17, 15) is 0 Å². The molecule has 0 atom stereocenters. The highest BCUT2D eigenvalue weighted by Crippen LogP contribution is 2.34. The highest BCUT2D eigenvalue weighted by atomic mass is 16.5. The molecule has 3 rings (SSSR count). The molecule has 0 spiro atoms. The molecular formula is C37H58NO2+. The molecule has 2 aromatic carbocycles. The lowest BCUT2D eigenvalue weighted by Crippen LogP contribution is -2.30.